The summed E-state index contributed by atoms with van der Waals surface area (Å²) < 4.78 is 6.16. The van der Waals surface area contributed by atoms with Gasteiger partial charge >= 0.3 is 5.97 Å². The van der Waals surface area contributed by atoms with E-state index in [-0.39, 0.29) is 5.97 Å². The highest BCUT2D eigenvalue weighted by Crippen LogP contribution is 2.28. The summed E-state index contributed by atoms with van der Waals surface area (Å²) in [6, 6.07) is 0.471. The van der Waals surface area contributed by atoms with E-state index in [4.69, 9.17) is 4.74 Å². The molecule has 1 aromatic rings. The molecule has 0 bridgehead atoms. The molecule has 1 N–H and O–H groups in total. The van der Waals surface area contributed by atoms with Gasteiger partial charge < -0.3 is 4.74 Å². The predicted octanol–water partition coefficient (Wildman–Crippen LogP) is 2.40. The summed E-state index contributed by atoms with van der Waals surface area (Å²) in [6.07, 6.45) is 3.03. The Balaban J connectivity index is 1.87. The lowest BCUT2D eigenvalue weighted by molar-refractivity contribution is -0.150. The number of nitrogens with zero attached hydrogens (tertiary/aromatic N) is 2. The van der Waals surface area contributed by atoms with Crippen LogP contribution in [0.25, 0.3) is 0 Å². The molecule has 1 saturated carbocycles. The SMILES string of the molecule is CCOC(=O)C(C)(CCSc1nnc(C)s1)NC1CC1. The number of ether oxygens (including phenoxy) is 1. The van der Waals surface area contributed by atoms with Crippen LogP contribution in [0.2, 0.25) is 0 Å². The van der Waals surface area contributed by atoms with Gasteiger partial charge in [-0.2, -0.15) is 0 Å². The first-order valence-corrected chi connectivity index (χ1v) is 8.71. The molecule has 1 heterocycles. The standard InChI is InChI=1S/C13H21N3O2S2/c1-4-18-11(17)13(3,14-10-5-6-10)7-8-19-12-16-15-9(2)20-12/h10,14H,4-8H2,1-3H3. The molecule has 20 heavy (non-hydrogen) atoms. The van der Waals surface area contributed by atoms with Crippen molar-refractivity contribution < 1.29 is 9.53 Å². The molecule has 0 radical (unpaired) electrons. The van der Waals surface area contributed by atoms with E-state index in [1.54, 1.807) is 23.1 Å². The normalized spacial score (nSPS) is 17.8. The van der Waals surface area contributed by atoms with Gasteiger partial charge in [0.2, 0.25) is 0 Å². The number of hydrogen-bond acceptors (Lipinski definition) is 7. The second-order valence-corrected chi connectivity index (χ2v) is 7.68. The zero-order valence-corrected chi connectivity index (χ0v) is 13.8. The van der Waals surface area contributed by atoms with Crippen LogP contribution in [0.15, 0.2) is 4.34 Å². The molecular formula is C13H21N3O2S2. The Morgan fingerprint density at radius 2 is 2.30 bits per heavy atom. The first-order chi connectivity index (χ1) is 9.53. The Hall–Kier alpha value is -0.660. The molecule has 1 aromatic heterocycles. The second-order valence-electron chi connectivity index (χ2n) is 5.16. The van der Waals surface area contributed by atoms with Gasteiger partial charge in [0.1, 0.15) is 10.5 Å². The van der Waals surface area contributed by atoms with Gasteiger partial charge in [-0.25, -0.2) is 0 Å². The zero-order chi connectivity index (χ0) is 14.6. The van der Waals surface area contributed by atoms with Crippen molar-refractivity contribution in [3.8, 4) is 0 Å². The van der Waals surface area contributed by atoms with Gasteiger partial charge in [0.25, 0.3) is 0 Å². The Labute approximate surface area is 127 Å². The summed E-state index contributed by atoms with van der Waals surface area (Å²) >= 11 is 3.24. The van der Waals surface area contributed by atoms with Gasteiger partial charge in [-0.1, -0.05) is 23.1 Å². The van der Waals surface area contributed by atoms with E-state index in [1.807, 2.05) is 20.8 Å². The van der Waals surface area contributed by atoms with E-state index in [0.717, 1.165) is 34.4 Å². The van der Waals surface area contributed by atoms with Crippen LogP contribution in [0.1, 0.15) is 38.1 Å². The highest BCUT2D eigenvalue weighted by atomic mass is 32.2. The summed E-state index contributed by atoms with van der Waals surface area (Å²) in [5.74, 6) is 0.671. The summed E-state index contributed by atoms with van der Waals surface area (Å²) in [6.45, 7) is 6.14. The number of thioether (sulfide) groups is 1. The largest absolute Gasteiger partial charge is 0.465 e. The molecule has 0 spiro atoms. The number of rotatable bonds is 8. The first-order valence-electron chi connectivity index (χ1n) is 6.91. The van der Waals surface area contributed by atoms with Gasteiger partial charge in [0.15, 0.2) is 4.34 Å². The van der Waals surface area contributed by atoms with E-state index < -0.39 is 5.54 Å². The number of carbonyl (C=O) groups is 1. The van der Waals surface area contributed by atoms with Crippen molar-refractivity contribution in [1.29, 1.82) is 0 Å². The predicted molar refractivity (Wildman–Crippen MR) is 81.2 cm³/mol. The van der Waals surface area contributed by atoms with E-state index >= 15 is 0 Å². The fourth-order valence-electron chi connectivity index (χ4n) is 1.88. The maximum absolute atomic E-state index is 12.2. The molecule has 1 aliphatic rings. The van der Waals surface area contributed by atoms with Crippen LogP contribution in [0.5, 0.6) is 0 Å². The average molecular weight is 315 g/mol. The maximum Gasteiger partial charge on any atom is 0.326 e. The number of esters is 1. The lowest BCUT2D eigenvalue weighted by Crippen LogP contribution is -2.51. The molecule has 0 amide bonds. The highest BCUT2D eigenvalue weighted by Gasteiger charge is 2.39. The van der Waals surface area contributed by atoms with Gasteiger partial charge in [0.05, 0.1) is 6.61 Å². The molecule has 0 aliphatic heterocycles. The first kappa shape index (κ1) is 15.7. The van der Waals surface area contributed by atoms with Crippen molar-refractivity contribution in [2.45, 2.75) is 56.0 Å². The number of hydrogen-bond donors (Lipinski definition) is 1. The molecule has 7 heteroatoms. The van der Waals surface area contributed by atoms with Gasteiger partial charge in [-0.05, 0) is 40.0 Å². The van der Waals surface area contributed by atoms with E-state index in [9.17, 15) is 4.79 Å². The van der Waals surface area contributed by atoms with Crippen LogP contribution >= 0.6 is 23.1 Å². The molecule has 1 atom stereocenters. The fourth-order valence-corrected chi connectivity index (χ4v) is 3.93. The molecule has 5 nitrogen and oxygen atoms in total. The number of aryl methyl sites for hydroxylation is 1. The molecule has 1 unspecified atom stereocenters. The third-order valence-electron chi connectivity index (χ3n) is 3.16. The lowest BCUT2D eigenvalue weighted by Gasteiger charge is -2.28. The van der Waals surface area contributed by atoms with Gasteiger partial charge in [-0.3, -0.25) is 10.1 Å². The van der Waals surface area contributed by atoms with Gasteiger partial charge in [0, 0.05) is 11.8 Å². The van der Waals surface area contributed by atoms with Crippen LogP contribution in [0.4, 0.5) is 0 Å². The minimum absolute atomic E-state index is 0.152. The van der Waals surface area contributed by atoms with Gasteiger partial charge in [-0.15, -0.1) is 10.2 Å². The van der Waals surface area contributed by atoms with Crippen molar-refractivity contribution in [1.82, 2.24) is 15.5 Å². The topological polar surface area (TPSA) is 64.1 Å². The Kier molecular flexibility index (Phi) is 5.40. The van der Waals surface area contributed by atoms with Crippen molar-refractivity contribution in [3.63, 3.8) is 0 Å². The van der Waals surface area contributed by atoms with Crippen LogP contribution in [-0.4, -0.2) is 40.1 Å². The summed E-state index contributed by atoms with van der Waals surface area (Å²) in [4.78, 5) is 12.2. The van der Waals surface area contributed by atoms with E-state index in [1.165, 1.54) is 0 Å². The maximum atomic E-state index is 12.2. The Bertz CT molecular complexity index is 462. The van der Waals surface area contributed by atoms with Crippen molar-refractivity contribution in [2.75, 3.05) is 12.4 Å². The number of nitrogens with one attached hydrogen (secondary N) is 1. The van der Waals surface area contributed by atoms with E-state index in [0.29, 0.717) is 12.6 Å². The second kappa shape index (κ2) is 6.87. The van der Waals surface area contributed by atoms with E-state index in [2.05, 4.69) is 15.5 Å². The van der Waals surface area contributed by atoms with Crippen molar-refractivity contribution >= 4 is 29.1 Å². The molecule has 1 fully saturated rings. The summed E-state index contributed by atoms with van der Waals surface area (Å²) in [5, 5.41) is 12.5. The summed E-state index contributed by atoms with van der Waals surface area (Å²) in [7, 11) is 0. The minimum atomic E-state index is -0.593. The monoisotopic (exact) mass is 315 g/mol. The third kappa shape index (κ3) is 4.43. The molecule has 1 aliphatic carbocycles. The summed E-state index contributed by atoms with van der Waals surface area (Å²) in [5.41, 5.74) is -0.593. The number of aromatic nitrogens is 2. The molecule has 2 rings (SSSR count). The number of carbonyl (C=O) groups excluding carboxylic acids is 1. The fraction of sp³-hybridized carbons (Fsp3) is 0.769. The smallest absolute Gasteiger partial charge is 0.326 e. The Morgan fingerprint density at radius 3 is 2.85 bits per heavy atom. The lowest BCUT2D eigenvalue weighted by atomic mass is 9.99. The highest BCUT2D eigenvalue weighted by molar-refractivity contribution is 8.01. The molecule has 112 valence electrons. The average Bonchev–Trinajstić information content (AvgIpc) is 3.10. The third-order valence-corrected chi connectivity index (χ3v) is 5.13. The molecular weight excluding hydrogens is 294 g/mol. The molecule has 0 aromatic carbocycles. The quantitative estimate of drug-likeness (QED) is 0.587. The van der Waals surface area contributed by atoms with Crippen molar-refractivity contribution in [3.05, 3.63) is 5.01 Å². The van der Waals surface area contributed by atoms with Crippen LogP contribution < -0.4 is 5.32 Å². The molecule has 0 saturated heterocycles. The van der Waals surface area contributed by atoms with Crippen LogP contribution in [-0.2, 0) is 9.53 Å². The van der Waals surface area contributed by atoms with Crippen LogP contribution in [0, 0.1) is 6.92 Å². The van der Waals surface area contributed by atoms with Crippen molar-refractivity contribution in [2.24, 2.45) is 0 Å². The van der Waals surface area contributed by atoms with Crippen LogP contribution in [0.3, 0.4) is 0 Å². The minimum Gasteiger partial charge on any atom is -0.465 e. The zero-order valence-electron chi connectivity index (χ0n) is 12.1. The Morgan fingerprint density at radius 1 is 1.55 bits per heavy atom.